The van der Waals surface area contributed by atoms with Crippen LogP contribution in [0.1, 0.15) is 65.1 Å². The summed E-state index contributed by atoms with van der Waals surface area (Å²) in [6.07, 6.45) is -0.214. The molecule has 2 aromatic carbocycles. The van der Waals surface area contributed by atoms with Crippen LogP contribution in [0.25, 0.3) is 0 Å². The summed E-state index contributed by atoms with van der Waals surface area (Å²) in [6, 6.07) is 13.6. The highest BCUT2D eigenvalue weighted by atomic mass is 32.1. The SMILES string of the molecule is CCC(C)(C)N(C(=O)C(CS)NC(=O)OC(C)(C)C)C(C(=O)NCc1ccccc1)c1ccc(O)cc1. The standard InChI is InChI=1S/C28H39N3O5S/c1-7-28(5,6)31(25(34)22(18-37)30-26(35)36-27(2,3)4)23(20-13-15-21(32)16-14-20)24(33)29-17-19-11-9-8-10-12-19/h8-16,22-23,32,37H,7,17-18H2,1-6H3,(H,29,33)(H,30,35). The number of carbonyl (C=O) groups excluding carboxylic acids is 3. The molecule has 0 aliphatic heterocycles. The fraction of sp³-hybridized carbons (Fsp3) is 0.464. The van der Waals surface area contributed by atoms with Gasteiger partial charge in [0.1, 0.15) is 23.4 Å². The molecule has 0 aliphatic rings. The molecule has 2 unspecified atom stereocenters. The molecule has 2 aromatic rings. The minimum Gasteiger partial charge on any atom is -0.508 e. The summed E-state index contributed by atoms with van der Waals surface area (Å²) in [6.45, 7) is 11.1. The second-order valence-corrected chi connectivity index (χ2v) is 10.8. The van der Waals surface area contributed by atoms with Gasteiger partial charge in [-0.1, -0.05) is 49.4 Å². The minimum atomic E-state index is -1.04. The van der Waals surface area contributed by atoms with E-state index < -0.39 is 35.2 Å². The number of rotatable bonds is 10. The van der Waals surface area contributed by atoms with Crippen LogP contribution in [0.4, 0.5) is 4.79 Å². The zero-order valence-corrected chi connectivity index (χ0v) is 23.3. The number of ether oxygens (including phenoxy) is 1. The first-order chi connectivity index (χ1) is 17.3. The molecule has 0 fully saturated rings. The molecule has 8 nitrogen and oxygen atoms in total. The molecule has 3 amide bonds. The zero-order valence-electron chi connectivity index (χ0n) is 22.4. The van der Waals surface area contributed by atoms with Crippen LogP contribution in [0.5, 0.6) is 5.75 Å². The molecule has 0 aliphatic carbocycles. The molecule has 3 N–H and O–H groups in total. The van der Waals surface area contributed by atoms with Gasteiger partial charge < -0.3 is 25.4 Å². The Labute approximate surface area is 225 Å². The molecule has 0 spiro atoms. The van der Waals surface area contributed by atoms with Gasteiger partial charge in [-0.05, 0) is 64.3 Å². The summed E-state index contributed by atoms with van der Waals surface area (Å²) in [4.78, 5) is 41.7. The molecule has 0 saturated carbocycles. The fourth-order valence-electron chi connectivity index (χ4n) is 3.70. The number of amides is 3. The van der Waals surface area contributed by atoms with Gasteiger partial charge in [-0.15, -0.1) is 0 Å². The maximum Gasteiger partial charge on any atom is 0.408 e. The van der Waals surface area contributed by atoms with Crippen LogP contribution in [0, 0.1) is 0 Å². The summed E-state index contributed by atoms with van der Waals surface area (Å²) >= 11 is 4.32. The molecule has 0 heterocycles. The summed E-state index contributed by atoms with van der Waals surface area (Å²) < 4.78 is 5.34. The lowest BCUT2D eigenvalue weighted by atomic mass is 9.92. The molecule has 37 heavy (non-hydrogen) atoms. The molecule has 0 saturated heterocycles. The smallest absolute Gasteiger partial charge is 0.408 e. The average Bonchev–Trinajstić information content (AvgIpc) is 2.84. The van der Waals surface area contributed by atoms with E-state index in [4.69, 9.17) is 4.74 Å². The van der Waals surface area contributed by atoms with Gasteiger partial charge in [0.05, 0.1) is 0 Å². The van der Waals surface area contributed by atoms with E-state index in [0.717, 1.165) is 5.56 Å². The van der Waals surface area contributed by atoms with Crippen LogP contribution in [-0.4, -0.2) is 50.8 Å². The van der Waals surface area contributed by atoms with E-state index in [9.17, 15) is 19.5 Å². The van der Waals surface area contributed by atoms with Crippen molar-refractivity contribution >= 4 is 30.5 Å². The molecule has 2 rings (SSSR count). The van der Waals surface area contributed by atoms with Crippen molar-refractivity contribution in [2.75, 3.05) is 5.75 Å². The predicted octanol–water partition coefficient (Wildman–Crippen LogP) is 4.59. The molecular formula is C28H39N3O5S. The van der Waals surface area contributed by atoms with Gasteiger partial charge in [0.2, 0.25) is 11.8 Å². The third-order valence-electron chi connectivity index (χ3n) is 5.95. The Bertz CT molecular complexity index is 1050. The average molecular weight is 530 g/mol. The van der Waals surface area contributed by atoms with E-state index in [2.05, 4.69) is 23.3 Å². The van der Waals surface area contributed by atoms with E-state index in [0.29, 0.717) is 12.0 Å². The number of nitrogens with zero attached hydrogens (tertiary/aromatic N) is 1. The van der Waals surface area contributed by atoms with E-state index in [1.165, 1.54) is 17.0 Å². The Hall–Kier alpha value is -3.20. The lowest BCUT2D eigenvalue weighted by Gasteiger charge is -2.44. The maximum atomic E-state index is 14.0. The minimum absolute atomic E-state index is 0.00228. The highest BCUT2D eigenvalue weighted by Gasteiger charge is 2.42. The normalized spacial score (nSPS) is 13.3. The predicted molar refractivity (Wildman–Crippen MR) is 147 cm³/mol. The number of carbonyl (C=O) groups is 3. The van der Waals surface area contributed by atoms with Gasteiger partial charge in [0.15, 0.2) is 0 Å². The molecule has 9 heteroatoms. The molecule has 0 bridgehead atoms. The van der Waals surface area contributed by atoms with Crippen molar-refractivity contribution in [1.29, 1.82) is 0 Å². The Morgan fingerprint density at radius 2 is 1.59 bits per heavy atom. The molecule has 0 aromatic heterocycles. The van der Waals surface area contributed by atoms with Crippen LogP contribution < -0.4 is 10.6 Å². The van der Waals surface area contributed by atoms with Crippen molar-refractivity contribution in [3.63, 3.8) is 0 Å². The van der Waals surface area contributed by atoms with Crippen molar-refractivity contribution in [3.8, 4) is 5.75 Å². The van der Waals surface area contributed by atoms with E-state index >= 15 is 0 Å². The van der Waals surface area contributed by atoms with E-state index in [1.54, 1.807) is 32.9 Å². The zero-order chi connectivity index (χ0) is 27.8. The van der Waals surface area contributed by atoms with Crippen molar-refractivity contribution in [2.45, 2.75) is 77.7 Å². The number of hydrogen-bond donors (Lipinski definition) is 4. The van der Waals surface area contributed by atoms with Crippen LogP contribution in [0.2, 0.25) is 0 Å². The van der Waals surface area contributed by atoms with E-state index in [1.807, 2.05) is 51.1 Å². The quantitative estimate of drug-likeness (QED) is 0.337. The second kappa shape index (κ2) is 12.9. The Morgan fingerprint density at radius 1 is 1.00 bits per heavy atom. The highest BCUT2D eigenvalue weighted by molar-refractivity contribution is 7.80. The van der Waals surface area contributed by atoms with Gasteiger partial charge in [-0.2, -0.15) is 12.6 Å². The monoisotopic (exact) mass is 529 g/mol. The van der Waals surface area contributed by atoms with Crippen LogP contribution in [-0.2, 0) is 20.9 Å². The number of phenols is 1. The van der Waals surface area contributed by atoms with Crippen molar-refractivity contribution in [2.24, 2.45) is 0 Å². The summed E-state index contributed by atoms with van der Waals surface area (Å²) in [5.41, 5.74) is -0.0931. The van der Waals surface area contributed by atoms with Gasteiger partial charge in [0, 0.05) is 17.8 Å². The topological polar surface area (TPSA) is 108 Å². The first-order valence-electron chi connectivity index (χ1n) is 12.3. The molecule has 2 atom stereocenters. The lowest BCUT2D eigenvalue weighted by Crippen LogP contribution is -2.59. The summed E-state index contributed by atoms with van der Waals surface area (Å²) in [5, 5.41) is 15.4. The lowest BCUT2D eigenvalue weighted by molar-refractivity contribution is -0.149. The number of thiol groups is 1. The van der Waals surface area contributed by atoms with Gasteiger partial charge in [-0.25, -0.2) is 4.79 Å². The summed E-state index contributed by atoms with van der Waals surface area (Å²) in [7, 11) is 0. The Kier molecular flexibility index (Phi) is 10.4. The highest BCUT2D eigenvalue weighted by Crippen LogP contribution is 2.33. The molecule has 0 radical (unpaired) electrons. The van der Waals surface area contributed by atoms with E-state index in [-0.39, 0.29) is 24.0 Å². The van der Waals surface area contributed by atoms with Gasteiger partial charge >= 0.3 is 6.09 Å². The van der Waals surface area contributed by atoms with Crippen LogP contribution >= 0.6 is 12.6 Å². The number of aromatic hydroxyl groups is 1. The second-order valence-electron chi connectivity index (χ2n) is 10.5. The first kappa shape index (κ1) is 30.0. The van der Waals surface area contributed by atoms with Gasteiger partial charge in [-0.3, -0.25) is 9.59 Å². The number of benzene rings is 2. The number of alkyl carbamates (subject to hydrolysis) is 1. The van der Waals surface area contributed by atoms with Crippen molar-refractivity contribution < 1.29 is 24.2 Å². The largest absolute Gasteiger partial charge is 0.508 e. The molecular weight excluding hydrogens is 490 g/mol. The number of nitrogens with one attached hydrogen (secondary N) is 2. The van der Waals surface area contributed by atoms with Crippen LogP contribution in [0.3, 0.4) is 0 Å². The maximum absolute atomic E-state index is 14.0. The fourth-order valence-corrected chi connectivity index (χ4v) is 3.95. The third-order valence-corrected chi connectivity index (χ3v) is 6.32. The Balaban J connectivity index is 2.49. The third kappa shape index (κ3) is 8.70. The molecule has 202 valence electrons. The van der Waals surface area contributed by atoms with Crippen molar-refractivity contribution in [1.82, 2.24) is 15.5 Å². The number of hydrogen-bond acceptors (Lipinski definition) is 6. The van der Waals surface area contributed by atoms with Gasteiger partial charge in [0.25, 0.3) is 0 Å². The van der Waals surface area contributed by atoms with Crippen LogP contribution in [0.15, 0.2) is 54.6 Å². The van der Waals surface area contributed by atoms with Crippen molar-refractivity contribution in [3.05, 3.63) is 65.7 Å². The summed E-state index contributed by atoms with van der Waals surface area (Å²) in [5.74, 6) is -0.817. The Morgan fingerprint density at radius 3 is 2.11 bits per heavy atom. The first-order valence-corrected chi connectivity index (χ1v) is 13.0. The number of phenolic OH excluding ortho intramolecular Hbond substituents is 1.